The number of rotatable bonds is 9. The minimum Gasteiger partial charge on any atom is -0.493 e. The Morgan fingerprint density at radius 2 is 2.00 bits per heavy atom. The van der Waals surface area contributed by atoms with Gasteiger partial charge in [0.15, 0.2) is 11.5 Å². The Bertz CT molecular complexity index is 440. The first-order valence-corrected chi connectivity index (χ1v) is 7.70. The summed E-state index contributed by atoms with van der Waals surface area (Å²) in [5.41, 5.74) is 1.08. The van der Waals surface area contributed by atoms with E-state index < -0.39 is 6.10 Å². The molecule has 5 nitrogen and oxygen atoms in total. The van der Waals surface area contributed by atoms with E-state index in [1.807, 2.05) is 33.0 Å². The molecule has 1 rings (SSSR count). The third-order valence-corrected chi connectivity index (χ3v) is 3.30. The summed E-state index contributed by atoms with van der Waals surface area (Å²) in [5.74, 6) is 1.22. The fraction of sp³-hybridized carbons (Fsp3) is 0.600. The van der Waals surface area contributed by atoms with Crippen molar-refractivity contribution in [2.45, 2.75) is 32.6 Å². The van der Waals surface area contributed by atoms with E-state index in [9.17, 15) is 5.11 Å². The van der Waals surface area contributed by atoms with E-state index in [1.165, 1.54) is 0 Å². The van der Waals surface area contributed by atoms with E-state index in [0.29, 0.717) is 11.5 Å². The molecule has 1 aromatic carbocycles. The number of nitrogens with one attached hydrogen (secondary N) is 1. The Morgan fingerprint density at radius 1 is 1.29 bits per heavy atom. The standard InChI is InChI=1S/C15H24BrNO4/c1-10(2)20-8-12(18)9-21-15-13(16)5-11(7-17-3)6-14(15)19-4/h5-6,10,12,17-18H,7-9H2,1-4H3. The molecular weight excluding hydrogens is 338 g/mol. The van der Waals surface area contributed by atoms with Crippen molar-refractivity contribution >= 4 is 15.9 Å². The first-order valence-electron chi connectivity index (χ1n) is 6.91. The van der Waals surface area contributed by atoms with Crippen molar-refractivity contribution in [1.29, 1.82) is 0 Å². The van der Waals surface area contributed by atoms with Crippen molar-refractivity contribution in [2.75, 3.05) is 27.4 Å². The van der Waals surface area contributed by atoms with E-state index >= 15 is 0 Å². The summed E-state index contributed by atoms with van der Waals surface area (Å²) in [5, 5.41) is 12.9. The second-order valence-corrected chi connectivity index (χ2v) is 5.84. The zero-order chi connectivity index (χ0) is 15.8. The fourth-order valence-electron chi connectivity index (χ4n) is 1.75. The Balaban J connectivity index is 2.69. The molecule has 0 aromatic heterocycles. The first kappa shape index (κ1) is 18.2. The average molecular weight is 362 g/mol. The molecule has 0 saturated heterocycles. The van der Waals surface area contributed by atoms with Crippen molar-refractivity contribution in [3.8, 4) is 11.5 Å². The summed E-state index contributed by atoms with van der Waals surface area (Å²) in [6, 6.07) is 3.87. The molecule has 21 heavy (non-hydrogen) atoms. The molecule has 0 saturated carbocycles. The molecule has 0 aliphatic carbocycles. The molecular formula is C15H24BrNO4. The SMILES string of the molecule is CNCc1cc(Br)c(OCC(O)COC(C)C)c(OC)c1. The number of benzene rings is 1. The molecule has 0 fully saturated rings. The average Bonchev–Trinajstić information content (AvgIpc) is 2.43. The van der Waals surface area contributed by atoms with Crippen molar-refractivity contribution in [2.24, 2.45) is 0 Å². The Kier molecular flexibility index (Phi) is 8.03. The molecule has 0 aliphatic heterocycles. The summed E-state index contributed by atoms with van der Waals surface area (Å²) in [4.78, 5) is 0. The second kappa shape index (κ2) is 9.25. The Morgan fingerprint density at radius 3 is 2.57 bits per heavy atom. The predicted molar refractivity (Wildman–Crippen MR) is 86.0 cm³/mol. The van der Waals surface area contributed by atoms with Gasteiger partial charge in [-0.15, -0.1) is 0 Å². The summed E-state index contributed by atoms with van der Waals surface area (Å²) >= 11 is 3.48. The highest BCUT2D eigenvalue weighted by molar-refractivity contribution is 9.10. The highest BCUT2D eigenvalue weighted by atomic mass is 79.9. The minimum atomic E-state index is -0.680. The number of hydrogen-bond donors (Lipinski definition) is 2. The topological polar surface area (TPSA) is 60.0 Å². The van der Waals surface area contributed by atoms with E-state index in [4.69, 9.17) is 14.2 Å². The van der Waals surface area contributed by atoms with Gasteiger partial charge in [-0.3, -0.25) is 0 Å². The summed E-state index contributed by atoms with van der Waals surface area (Å²) in [7, 11) is 3.48. The zero-order valence-corrected chi connectivity index (χ0v) is 14.6. The molecule has 2 N–H and O–H groups in total. The number of aliphatic hydroxyl groups is 1. The van der Waals surface area contributed by atoms with Gasteiger partial charge < -0.3 is 24.6 Å². The zero-order valence-electron chi connectivity index (χ0n) is 13.0. The van der Waals surface area contributed by atoms with Crippen molar-refractivity contribution in [3.63, 3.8) is 0 Å². The first-order chi connectivity index (χ1) is 9.97. The number of methoxy groups -OCH3 is 1. The van der Waals surface area contributed by atoms with E-state index in [2.05, 4.69) is 21.2 Å². The van der Waals surface area contributed by atoms with Gasteiger partial charge in [-0.05, 0) is 54.5 Å². The Labute approximate surface area is 134 Å². The molecule has 0 radical (unpaired) electrons. The van der Waals surface area contributed by atoms with Crippen LogP contribution >= 0.6 is 15.9 Å². The lowest BCUT2D eigenvalue weighted by Crippen LogP contribution is -2.25. The third-order valence-electron chi connectivity index (χ3n) is 2.71. The molecule has 120 valence electrons. The van der Waals surface area contributed by atoms with Crippen LogP contribution in [-0.4, -0.2) is 44.7 Å². The predicted octanol–water partition coefficient (Wildman–Crippen LogP) is 2.34. The van der Waals surface area contributed by atoms with Gasteiger partial charge in [0.25, 0.3) is 0 Å². The third kappa shape index (κ3) is 6.22. The van der Waals surface area contributed by atoms with Crippen LogP contribution in [0.1, 0.15) is 19.4 Å². The second-order valence-electron chi connectivity index (χ2n) is 4.99. The largest absolute Gasteiger partial charge is 0.493 e. The molecule has 0 amide bonds. The van der Waals surface area contributed by atoms with Crippen LogP contribution in [0.3, 0.4) is 0 Å². The minimum absolute atomic E-state index is 0.0850. The van der Waals surface area contributed by atoms with Crippen LogP contribution in [0.4, 0.5) is 0 Å². The summed E-state index contributed by atoms with van der Waals surface area (Å²) in [6.45, 7) is 4.98. The van der Waals surface area contributed by atoms with E-state index in [0.717, 1.165) is 16.6 Å². The normalized spacial score (nSPS) is 12.5. The smallest absolute Gasteiger partial charge is 0.175 e. The molecule has 0 heterocycles. The molecule has 1 aromatic rings. The quantitative estimate of drug-likeness (QED) is 0.706. The van der Waals surface area contributed by atoms with Crippen molar-refractivity contribution in [3.05, 3.63) is 22.2 Å². The fourth-order valence-corrected chi connectivity index (χ4v) is 2.35. The van der Waals surface area contributed by atoms with Gasteiger partial charge in [0.05, 0.1) is 24.3 Å². The van der Waals surface area contributed by atoms with Crippen LogP contribution < -0.4 is 14.8 Å². The lowest BCUT2D eigenvalue weighted by Gasteiger charge is -2.17. The molecule has 0 bridgehead atoms. The van der Waals surface area contributed by atoms with Gasteiger partial charge in [-0.2, -0.15) is 0 Å². The van der Waals surface area contributed by atoms with Crippen molar-refractivity contribution in [1.82, 2.24) is 5.32 Å². The van der Waals surface area contributed by atoms with Crippen LogP contribution in [0.25, 0.3) is 0 Å². The number of hydrogen-bond acceptors (Lipinski definition) is 5. The maximum absolute atomic E-state index is 9.84. The molecule has 1 unspecified atom stereocenters. The molecule has 0 spiro atoms. The van der Waals surface area contributed by atoms with Crippen molar-refractivity contribution < 1.29 is 19.3 Å². The maximum Gasteiger partial charge on any atom is 0.175 e. The molecule has 6 heteroatoms. The number of aliphatic hydroxyl groups excluding tert-OH is 1. The van der Waals surface area contributed by atoms with Crippen LogP contribution in [0.5, 0.6) is 11.5 Å². The highest BCUT2D eigenvalue weighted by Crippen LogP contribution is 2.36. The Hall–Kier alpha value is -0.820. The van der Waals surface area contributed by atoms with Gasteiger partial charge >= 0.3 is 0 Å². The monoisotopic (exact) mass is 361 g/mol. The lowest BCUT2D eigenvalue weighted by atomic mass is 10.2. The van der Waals surface area contributed by atoms with Gasteiger partial charge in [0, 0.05) is 6.54 Å². The van der Waals surface area contributed by atoms with Crippen LogP contribution in [-0.2, 0) is 11.3 Å². The van der Waals surface area contributed by atoms with Gasteiger partial charge in [-0.25, -0.2) is 0 Å². The maximum atomic E-state index is 9.84. The van der Waals surface area contributed by atoms with E-state index in [-0.39, 0.29) is 19.3 Å². The van der Waals surface area contributed by atoms with Crippen LogP contribution in [0, 0.1) is 0 Å². The number of halogens is 1. The summed E-state index contributed by atoms with van der Waals surface area (Å²) in [6.07, 6.45) is -0.595. The van der Waals surface area contributed by atoms with E-state index in [1.54, 1.807) is 7.11 Å². The molecule has 1 atom stereocenters. The number of ether oxygens (including phenoxy) is 3. The van der Waals surface area contributed by atoms with Gasteiger partial charge in [0.1, 0.15) is 12.7 Å². The lowest BCUT2D eigenvalue weighted by molar-refractivity contribution is -0.0127. The molecule has 0 aliphatic rings. The highest BCUT2D eigenvalue weighted by Gasteiger charge is 2.14. The van der Waals surface area contributed by atoms with Gasteiger partial charge in [-0.1, -0.05) is 0 Å². The van der Waals surface area contributed by atoms with Crippen LogP contribution in [0.2, 0.25) is 0 Å². The summed E-state index contributed by atoms with van der Waals surface area (Å²) < 4.78 is 17.2. The van der Waals surface area contributed by atoms with Gasteiger partial charge in [0.2, 0.25) is 0 Å². The van der Waals surface area contributed by atoms with Crippen LogP contribution in [0.15, 0.2) is 16.6 Å².